The molecule has 1 atom stereocenters. The highest BCUT2D eigenvalue weighted by Gasteiger charge is 2.08. The van der Waals surface area contributed by atoms with E-state index in [-0.39, 0.29) is 18.4 Å². The van der Waals surface area contributed by atoms with Gasteiger partial charge in [-0.3, -0.25) is 4.79 Å². The quantitative estimate of drug-likeness (QED) is 0.624. The number of aliphatic hydroxyl groups excluding tert-OH is 1. The standard InChI is InChI=1S/C10H21NO2/c1-8(2)6-10(7-12)11-5-4-9(3)13/h8,10-12H,4-7H2,1-3H3/t10-/m0/s1. The average molecular weight is 187 g/mol. The molecule has 0 heterocycles. The SMILES string of the molecule is CC(=O)CCN[C@H](CO)CC(C)C. The highest BCUT2D eigenvalue weighted by Crippen LogP contribution is 2.03. The molecular formula is C10H21NO2. The van der Waals surface area contributed by atoms with Gasteiger partial charge in [-0.2, -0.15) is 0 Å². The van der Waals surface area contributed by atoms with Gasteiger partial charge in [-0.1, -0.05) is 13.8 Å². The lowest BCUT2D eigenvalue weighted by atomic mass is 10.0. The highest BCUT2D eigenvalue weighted by molar-refractivity contribution is 5.75. The fourth-order valence-corrected chi connectivity index (χ4v) is 1.24. The van der Waals surface area contributed by atoms with Crippen LogP contribution in [0.25, 0.3) is 0 Å². The summed E-state index contributed by atoms with van der Waals surface area (Å²) in [5, 5.41) is 12.2. The Hall–Kier alpha value is -0.410. The Kier molecular flexibility index (Phi) is 6.82. The second-order valence-electron chi connectivity index (χ2n) is 3.92. The molecule has 2 N–H and O–H groups in total. The van der Waals surface area contributed by atoms with Gasteiger partial charge >= 0.3 is 0 Å². The van der Waals surface area contributed by atoms with Gasteiger partial charge in [0.1, 0.15) is 5.78 Å². The van der Waals surface area contributed by atoms with Crippen LogP contribution in [0.3, 0.4) is 0 Å². The zero-order chi connectivity index (χ0) is 10.3. The monoisotopic (exact) mass is 187 g/mol. The Morgan fingerprint density at radius 1 is 1.46 bits per heavy atom. The first-order valence-electron chi connectivity index (χ1n) is 4.90. The van der Waals surface area contributed by atoms with Gasteiger partial charge in [-0.15, -0.1) is 0 Å². The van der Waals surface area contributed by atoms with Gasteiger partial charge in [0.2, 0.25) is 0 Å². The zero-order valence-electron chi connectivity index (χ0n) is 8.84. The normalized spacial score (nSPS) is 13.3. The first-order valence-corrected chi connectivity index (χ1v) is 4.90. The number of carbonyl (C=O) groups excluding carboxylic acids is 1. The minimum Gasteiger partial charge on any atom is -0.395 e. The lowest BCUT2D eigenvalue weighted by Gasteiger charge is -2.17. The van der Waals surface area contributed by atoms with Gasteiger partial charge in [-0.25, -0.2) is 0 Å². The predicted molar refractivity (Wildman–Crippen MR) is 53.6 cm³/mol. The van der Waals surface area contributed by atoms with Crippen molar-refractivity contribution in [2.24, 2.45) is 5.92 Å². The maximum Gasteiger partial charge on any atom is 0.131 e. The molecule has 0 spiro atoms. The summed E-state index contributed by atoms with van der Waals surface area (Å²) in [6.07, 6.45) is 1.50. The van der Waals surface area contributed by atoms with E-state index in [2.05, 4.69) is 19.2 Å². The van der Waals surface area contributed by atoms with Crippen LogP contribution in [0.5, 0.6) is 0 Å². The Morgan fingerprint density at radius 2 is 2.08 bits per heavy atom. The summed E-state index contributed by atoms with van der Waals surface area (Å²) < 4.78 is 0. The topological polar surface area (TPSA) is 49.3 Å². The molecule has 0 saturated heterocycles. The minimum absolute atomic E-state index is 0.138. The van der Waals surface area contributed by atoms with Crippen LogP contribution in [0.4, 0.5) is 0 Å². The number of carbonyl (C=O) groups is 1. The van der Waals surface area contributed by atoms with E-state index in [1.165, 1.54) is 0 Å². The lowest BCUT2D eigenvalue weighted by Crippen LogP contribution is -2.34. The lowest BCUT2D eigenvalue weighted by molar-refractivity contribution is -0.116. The predicted octanol–water partition coefficient (Wildman–Crippen LogP) is 0.962. The van der Waals surface area contributed by atoms with Crippen LogP contribution in [-0.2, 0) is 4.79 Å². The van der Waals surface area contributed by atoms with E-state index >= 15 is 0 Å². The van der Waals surface area contributed by atoms with E-state index in [0.717, 1.165) is 6.42 Å². The number of hydrogen-bond acceptors (Lipinski definition) is 3. The van der Waals surface area contributed by atoms with Crippen LogP contribution >= 0.6 is 0 Å². The van der Waals surface area contributed by atoms with E-state index in [0.29, 0.717) is 18.9 Å². The number of nitrogens with one attached hydrogen (secondary N) is 1. The maximum absolute atomic E-state index is 10.6. The third kappa shape index (κ3) is 7.94. The summed E-state index contributed by atoms with van der Waals surface area (Å²) in [6, 6.07) is 0.138. The summed E-state index contributed by atoms with van der Waals surface area (Å²) in [7, 11) is 0. The Bertz CT molecular complexity index is 146. The van der Waals surface area contributed by atoms with Crippen LogP contribution < -0.4 is 5.32 Å². The van der Waals surface area contributed by atoms with Gasteiger partial charge < -0.3 is 10.4 Å². The van der Waals surface area contributed by atoms with Crippen LogP contribution in [0, 0.1) is 5.92 Å². The van der Waals surface area contributed by atoms with Gasteiger partial charge in [0.15, 0.2) is 0 Å². The molecule has 0 aromatic carbocycles. The molecule has 3 heteroatoms. The fourth-order valence-electron chi connectivity index (χ4n) is 1.24. The van der Waals surface area contributed by atoms with Crippen molar-refractivity contribution in [3.8, 4) is 0 Å². The summed E-state index contributed by atoms with van der Waals surface area (Å²) >= 11 is 0. The molecule has 0 saturated carbocycles. The summed E-state index contributed by atoms with van der Waals surface area (Å²) in [6.45, 7) is 6.64. The number of ketones is 1. The molecular weight excluding hydrogens is 166 g/mol. The Morgan fingerprint density at radius 3 is 2.46 bits per heavy atom. The molecule has 13 heavy (non-hydrogen) atoms. The van der Waals surface area contributed by atoms with Gasteiger partial charge in [0.05, 0.1) is 6.61 Å². The van der Waals surface area contributed by atoms with E-state index in [9.17, 15) is 4.79 Å². The Balaban J connectivity index is 3.53. The van der Waals surface area contributed by atoms with Crippen molar-refractivity contribution in [2.45, 2.75) is 39.7 Å². The van der Waals surface area contributed by atoms with Crippen molar-refractivity contribution in [1.29, 1.82) is 0 Å². The van der Waals surface area contributed by atoms with E-state index < -0.39 is 0 Å². The molecule has 3 nitrogen and oxygen atoms in total. The zero-order valence-corrected chi connectivity index (χ0v) is 8.84. The van der Waals surface area contributed by atoms with Crippen molar-refractivity contribution in [3.63, 3.8) is 0 Å². The fraction of sp³-hybridized carbons (Fsp3) is 0.900. The van der Waals surface area contributed by atoms with Crippen LogP contribution in [0.2, 0.25) is 0 Å². The molecule has 0 amide bonds. The van der Waals surface area contributed by atoms with Crippen molar-refractivity contribution in [1.82, 2.24) is 5.32 Å². The molecule has 0 radical (unpaired) electrons. The van der Waals surface area contributed by atoms with E-state index in [1.54, 1.807) is 6.92 Å². The molecule has 78 valence electrons. The summed E-state index contributed by atoms with van der Waals surface area (Å²) in [5.74, 6) is 0.760. The molecule has 0 aromatic rings. The van der Waals surface area contributed by atoms with Crippen LogP contribution in [-0.4, -0.2) is 30.1 Å². The molecule has 0 bridgehead atoms. The Labute approximate surface area is 80.5 Å². The molecule has 0 unspecified atom stereocenters. The van der Waals surface area contributed by atoms with Gasteiger partial charge in [0, 0.05) is 19.0 Å². The average Bonchev–Trinajstić information content (AvgIpc) is 2.01. The molecule has 0 aliphatic carbocycles. The summed E-state index contributed by atoms with van der Waals surface area (Å²) in [4.78, 5) is 10.6. The highest BCUT2D eigenvalue weighted by atomic mass is 16.3. The van der Waals surface area contributed by atoms with Crippen LogP contribution in [0.15, 0.2) is 0 Å². The first kappa shape index (κ1) is 12.6. The van der Waals surface area contributed by atoms with E-state index in [1.807, 2.05) is 0 Å². The number of rotatable bonds is 7. The third-order valence-electron chi connectivity index (χ3n) is 1.89. The summed E-state index contributed by atoms with van der Waals surface area (Å²) in [5.41, 5.74) is 0. The largest absolute Gasteiger partial charge is 0.395 e. The second-order valence-corrected chi connectivity index (χ2v) is 3.92. The van der Waals surface area contributed by atoms with E-state index in [4.69, 9.17) is 5.11 Å². The smallest absolute Gasteiger partial charge is 0.131 e. The number of Topliss-reactive ketones (excluding diaryl/α,β-unsaturated/α-hetero) is 1. The third-order valence-corrected chi connectivity index (χ3v) is 1.89. The number of hydrogen-bond donors (Lipinski definition) is 2. The van der Waals surface area contributed by atoms with Crippen molar-refractivity contribution in [3.05, 3.63) is 0 Å². The minimum atomic E-state index is 0.138. The number of aliphatic hydroxyl groups is 1. The van der Waals surface area contributed by atoms with Gasteiger partial charge in [0.25, 0.3) is 0 Å². The van der Waals surface area contributed by atoms with Crippen LogP contribution in [0.1, 0.15) is 33.6 Å². The van der Waals surface area contributed by atoms with Gasteiger partial charge in [-0.05, 0) is 19.3 Å². The van der Waals surface area contributed by atoms with Crippen molar-refractivity contribution < 1.29 is 9.90 Å². The van der Waals surface area contributed by atoms with Crippen molar-refractivity contribution in [2.75, 3.05) is 13.2 Å². The molecule has 0 fully saturated rings. The maximum atomic E-state index is 10.6. The molecule has 0 aromatic heterocycles. The van der Waals surface area contributed by atoms with Crippen molar-refractivity contribution >= 4 is 5.78 Å². The molecule has 0 rings (SSSR count). The molecule has 0 aliphatic rings. The second kappa shape index (κ2) is 7.04. The first-order chi connectivity index (χ1) is 6.06. The molecule has 0 aliphatic heterocycles.